The molecule has 9 heteroatoms. The maximum Gasteiger partial charge on any atom is 0.310 e. The number of anilines is 1. The third-order valence-corrected chi connectivity index (χ3v) is 4.54. The van der Waals surface area contributed by atoms with Gasteiger partial charge in [-0.05, 0) is 43.2 Å². The first-order valence-corrected chi connectivity index (χ1v) is 8.58. The predicted molar refractivity (Wildman–Crippen MR) is 102 cm³/mol. The van der Waals surface area contributed by atoms with Crippen molar-refractivity contribution >= 4 is 46.5 Å². The Morgan fingerprint density at radius 3 is 2.33 bits per heavy atom. The summed E-state index contributed by atoms with van der Waals surface area (Å²) in [5.41, 5.74) is 1.71. The van der Waals surface area contributed by atoms with E-state index in [9.17, 15) is 19.7 Å². The van der Waals surface area contributed by atoms with E-state index in [1.807, 2.05) is 0 Å². The molecule has 0 unspecified atom stereocenters. The van der Waals surface area contributed by atoms with Crippen LogP contribution in [0.1, 0.15) is 16.7 Å². The molecular weight excluding hydrogens is 395 g/mol. The molecule has 0 aromatic heterocycles. The Bertz CT molecular complexity index is 895. The van der Waals surface area contributed by atoms with Crippen LogP contribution in [0.2, 0.25) is 10.0 Å². The molecule has 1 N–H and O–H groups in total. The molecule has 7 nitrogen and oxygen atoms in total. The minimum Gasteiger partial charge on any atom is -0.455 e. The minimum atomic E-state index is -0.699. The third kappa shape index (κ3) is 5.42. The van der Waals surface area contributed by atoms with Crippen LogP contribution >= 0.6 is 23.2 Å². The summed E-state index contributed by atoms with van der Waals surface area (Å²) in [5.74, 6) is -1.39. The number of esters is 1. The van der Waals surface area contributed by atoms with Crippen LogP contribution in [0.15, 0.2) is 30.3 Å². The molecule has 27 heavy (non-hydrogen) atoms. The van der Waals surface area contributed by atoms with Crippen LogP contribution in [-0.4, -0.2) is 23.4 Å². The molecule has 1 amide bonds. The average molecular weight is 411 g/mol. The van der Waals surface area contributed by atoms with Crippen molar-refractivity contribution < 1.29 is 19.2 Å². The van der Waals surface area contributed by atoms with Crippen LogP contribution in [0.25, 0.3) is 0 Å². The Morgan fingerprint density at radius 1 is 1.15 bits per heavy atom. The normalized spacial score (nSPS) is 10.4. The Hall–Kier alpha value is -2.64. The number of amides is 1. The highest BCUT2D eigenvalue weighted by Gasteiger charge is 2.19. The number of aryl methyl sites for hydroxylation is 2. The van der Waals surface area contributed by atoms with Gasteiger partial charge in [0.05, 0.1) is 11.3 Å². The molecule has 0 heterocycles. The molecule has 2 aromatic carbocycles. The van der Waals surface area contributed by atoms with Crippen molar-refractivity contribution in [3.8, 4) is 0 Å². The van der Waals surface area contributed by atoms with Crippen molar-refractivity contribution in [1.82, 2.24) is 0 Å². The van der Waals surface area contributed by atoms with Crippen molar-refractivity contribution in [1.29, 1.82) is 0 Å². The van der Waals surface area contributed by atoms with Gasteiger partial charge in [-0.1, -0.05) is 29.3 Å². The Morgan fingerprint density at radius 2 is 1.74 bits per heavy atom. The second-order valence-corrected chi connectivity index (χ2v) is 6.61. The average Bonchev–Trinajstić information content (AvgIpc) is 2.59. The number of carbonyl (C=O) groups is 2. The van der Waals surface area contributed by atoms with E-state index in [2.05, 4.69) is 5.32 Å². The number of nitrogens with zero attached hydrogens (tertiary/aromatic N) is 1. The van der Waals surface area contributed by atoms with E-state index < -0.39 is 23.4 Å². The van der Waals surface area contributed by atoms with Gasteiger partial charge in [0.25, 0.3) is 11.6 Å². The van der Waals surface area contributed by atoms with E-state index in [1.165, 1.54) is 12.1 Å². The van der Waals surface area contributed by atoms with Gasteiger partial charge in [0, 0.05) is 21.7 Å². The molecule has 0 spiro atoms. The maximum absolute atomic E-state index is 12.0. The van der Waals surface area contributed by atoms with Gasteiger partial charge in [0.15, 0.2) is 6.61 Å². The standard InChI is InChI=1S/C18H16Cl2N2O5/c1-10-6-15(16(22(25)26)7-11(10)2)21-17(23)9-27-18(24)8-12-13(19)4-3-5-14(12)20/h3-7H,8-9H2,1-2H3,(H,21,23). The lowest BCUT2D eigenvalue weighted by Crippen LogP contribution is -2.22. The van der Waals surface area contributed by atoms with Crippen LogP contribution < -0.4 is 5.32 Å². The second-order valence-electron chi connectivity index (χ2n) is 5.80. The smallest absolute Gasteiger partial charge is 0.310 e. The number of hydrogen-bond acceptors (Lipinski definition) is 5. The van der Waals surface area contributed by atoms with Crippen molar-refractivity contribution in [3.05, 3.63) is 67.2 Å². The summed E-state index contributed by atoms with van der Waals surface area (Å²) in [5, 5.41) is 14.2. The zero-order valence-electron chi connectivity index (χ0n) is 14.5. The molecule has 0 aliphatic heterocycles. The zero-order chi connectivity index (χ0) is 20.1. The number of nitro benzene ring substituents is 1. The first kappa shape index (κ1) is 20.7. The molecule has 0 radical (unpaired) electrons. The van der Waals surface area contributed by atoms with E-state index in [-0.39, 0.29) is 17.8 Å². The maximum atomic E-state index is 12.0. The fourth-order valence-electron chi connectivity index (χ4n) is 2.28. The van der Waals surface area contributed by atoms with Crippen LogP contribution in [-0.2, 0) is 20.7 Å². The minimum absolute atomic E-state index is 0.0401. The van der Waals surface area contributed by atoms with Crippen molar-refractivity contribution in [3.63, 3.8) is 0 Å². The van der Waals surface area contributed by atoms with Crippen molar-refractivity contribution in [2.75, 3.05) is 11.9 Å². The number of ether oxygens (including phenoxy) is 1. The van der Waals surface area contributed by atoms with Crippen LogP contribution in [0, 0.1) is 24.0 Å². The van der Waals surface area contributed by atoms with Gasteiger partial charge in [-0.25, -0.2) is 0 Å². The molecule has 0 bridgehead atoms. The summed E-state index contributed by atoms with van der Waals surface area (Å²) >= 11 is 12.0. The van der Waals surface area contributed by atoms with Crippen LogP contribution in [0.3, 0.4) is 0 Å². The van der Waals surface area contributed by atoms with Gasteiger partial charge < -0.3 is 10.1 Å². The summed E-state index contributed by atoms with van der Waals surface area (Å²) < 4.78 is 4.91. The van der Waals surface area contributed by atoms with E-state index >= 15 is 0 Å². The number of hydrogen-bond donors (Lipinski definition) is 1. The third-order valence-electron chi connectivity index (χ3n) is 3.83. The summed E-state index contributed by atoms with van der Waals surface area (Å²) in [6, 6.07) is 7.68. The molecule has 0 aliphatic rings. The first-order chi connectivity index (χ1) is 12.7. The second kappa shape index (κ2) is 8.83. The van der Waals surface area contributed by atoms with Gasteiger partial charge in [-0.3, -0.25) is 19.7 Å². The highest BCUT2D eigenvalue weighted by molar-refractivity contribution is 6.36. The highest BCUT2D eigenvalue weighted by atomic mass is 35.5. The van der Waals surface area contributed by atoms with Gasteiger partial charge in [0.2, 0.25) is 0 Å². The lowest BCUT2D eigenvalue weighted by molar-refractivity contribution is -0.384. The SMILES string of the molecule is Cc1cc(NC(=O)COC(=O)Cc2c(Cl)cccc2Cl)c([N+](=O)[O-])cc1C. The topological polar surface area (TPSA) is 98.5 Å². The number of carbonyl (C=O) groups excluding carboxylic acids is 2. The number of rotatable bonds is 6. The number of benzene rings is 2. The van der Waals surface area contributed by atoms with Gasteiger partial charge in [-0.15, -0.1) is 0 Å². The Balaban J connectivity index is 2.00. The van der Waals surface area contributed by atoms with Crippen LogP contribution in [0.5, 0.6) is 0 Å². The van der Waals surface area contributed by atoms with Gasteiger partial charge >= 0.3 is 5.97 Å². The molecular formula is C18H16Cl2N2O5. The quantitative estimate of drug-likeness (QED) is 0.436. The molecule has 0 saturated carbocycles. The number of halogens is 2. The highest BCUT2D eigenvalue weighted by Crippen LogP contribution is 2.28. The molecule has 0 saturated heterocycles. The van der Waals surface area contributed by atoms with Gasteiger partial charge in [0.1, 0.15) is 5.69 Å². The fraction of sp³-hybridized carbons (Fsp3) is 0.222. The molecule has 2 aromatic rings. The van der Waals surface area contributed by atoms with E-state index in [0.717, 1.165) is 11.1 Å². The van der Waals surface area contributed by atoms with Crippen LogP contribution in [0.4, 0.5) is 11.4 Å². The van der Waals surface area contributed by atoms with Crippen molar-refractivity contribution in [2.24, 2.45) is 0 Å². The first-order valence-electron chi connectivity index (χ1n) is 7.83. The monoisotopic (exact) mass is 410 g/mol. The van der Waals surface area contributed by atoms with E-state index in [0.29, 0.717) is 15.6 Å². The summed E-state index contributed by atoms with van der Waals surface area (Å²) in [4.78, 5) is 34.5. The zero-order valence-corrected chi connectivity index (χ0v) is 16.1. The number of nitrogens with one attached hydrogen (secondary N) is 1. The Kier molecular flexibility index (Phi) is 6.76. The largest absolute Gasteiger partial charge is 0.455 e. The molecule has 0 aliphatic carbocycles. The number of nitro groups is 1. The van der Waals surface area contributed by atoms with E-state index in [4.69, 9.17) is 27.9 Å². The lowest BCUT2D eigenvalue weighted by Gasteiger charge is -2.10. The molecule has 142 valence electrons. The summed E-state index contributed by atoms with van der Waals surface area (Å²) in [7, 11) is 0. The predicted octanol–water partition coefficient (Wildman–Crippen LogP) is 4.24. The van der Waals surface area contributed by atoms with E-state index in [1.54, 1.807) is 32.0 Å². The summed E-state index contributed by atoms with van der Waals surface area (Å²) in [6.07, 6.45) is -0.199. The van der Waals surface area contributed by atoms with Gasteiger partial charge in [-0.2, -0.15) is 0 Å². The Labute approximate surface area is 165 Å². The lowest BCUT2D eigenvalue weighted by atomic mass is 10.1. The molecule has 0 fully saturated rings. The molecule has 0 atom stereocenters. The fourth-order valence-corrected chi connectivity index (χ4v) is 2.81. The van der Waals surface area contributed by atoms with Crippen molar-refractivity contribution in [2.45, 2.75) is 20.3 Å². The summed E-state index contributed by atoms with van der Waals surface area (Å²) in [6.45, 7) is 2.91. The molecule has 2 rings (SSSR count).